The monoisotopic (exact) mass is 522 g/mol. The van der Waals surface area contributed by atoms with Gasteiger partial charge in [-0.05, 0) is 58.6 Å². The molecule has 1 aromatic heterocycles. The van der Waals surface area contributed by atoms with Crippen LogP contribution < -0.4 is 0 Å². The Kier molecular flexibility index (Phi) is 8.29. The Hall–Kier alpha value is -3.43. The van der Waals surface area contributed by atoms with Gasteiger partial charge in [-0.2, -0.15) is 0 Å². The summed E-state index contributed by atoms with van der Waals surface area (Å²) in [4.78, 5) is 17.6. The van der Waals surface area contributed by atoms with Crippen molar-refractivity contribution in [3.05, 3.63) is 77.2 Å². The lowest BCUT2D eigenvalue weighted by molar-refractivity contribution is -0.145. The number of halogens is 1. The summed E-state index contributed by atoms with van der Waals surface area (Å²) in [6.07, 6.45) is 6.15. The fraction of sp³-hybridized carbons (Fsp3) is 0.310. The van der Waals surface area contributed by atoms with Crippen LogP contribution in [0.1, 0.15) is 50.4 Å². The molecule has 3 atom stereocenters. The molecule has 0 aliphatic carbocycles. The fourth-order valence-electron chi connectivity index (χ4n) is 4.70. The number of aliphatic hydroxyl groups is 1. The van der Waals surface area contributed by atoms with Gasteiger partial charge in [0.25, 0.3) is 0 Å². The van der Waals surface area contributed by atoms with Gasteiger partial charge in [0.1, 0.15) is 5.82 Å². The summed E-state index contributed by atoms with van der Waals surface area (Å²) in [6.45, 7) is 6.84. The van der Waals surface area contributed by atoms with Crippen molar-refractivity contribution in [1.29, 1.82) is 0 Å². The molecule has 0 saturated heterocycles. The van der Waals surface area contributed by atoms with Crippen LogP contribution >= 0.6 is 8.03 Å². The van der Waals surface area contributed by atoms with Gasteiger partial charge in [-0.25, -0.2) is 9.18 Å². The van der Waals surface area contributed by atoms with Gasteiger partial charge in [0, 0.05) is 11.1 Å². The number of pyridine rings is 1. The van der Waals surface area contributed by atoms with E-state index < -0.39 is 30.6 Å². The number of nitrogens with zero attached hydrogens (tertiary/aromatic N) is 1. The number of aliphatic carboxylic acids is 1. The predicted octanol–water partition coefficient (Wildman–Crippen LogP) is 6.29. The van der Waals surface area contributed by atoms with Crippen LogP contribution in [-0.4, -0.2) is 33.4 Å². The summed E-state index contributed by atoms with van der Waals surface area (Å²) in [7, 11) is -2.01. The van der Waals surface area contributed by atoms with Crippen molar-refractivity contribution >= 4 is 14.0 Å². The van der Waals surface area contributed by atoms with Crippen molar-refractivity contribution in [2.75, 3.05) is 7.11 Å². The first kappa shape index (κ1) is 28.1. The first-order chi connectivity index (χ1) is 17.5. The van der Waals surface area contributed by atoms with E-state index in [1.807, 2.05) is 51.1 Å². The maximum Gasteiger partial charge on any atom is 0.543 e. The van der Waals surface area contributed by atoms with Crippen LogP contribution in [0.5, 0.6) is 0 Å². The van der Waals surface area contributed by atoms with E-state index in [0.717, 1.165) is 12.7 Å². The van der Waals surface area contributed by atoms with Crippen LogP contribution in [0.25, 0.3) is 22.4 Å². The molecule has 2 aromatic carbocycles. The maximum atomic E-state index is 14.0. The van der Waals surface area contributed by atoms with Crippen LogP contribution in [0.15, 0.2) is 54.6 Å². The molecule has 0 fully saturated rings. The highest BCUT2D eigenvalue weighted by molar-refractivity contribution is 7.43. The molecule has 0 saturated carbocycles. The lowest BCUT2D eigenvalue weighted by Gasteiger charge is -2.35. The summed E-state index contributed by atoms with van der Waals surface area (Å²) in [5.41, 5.74) is 1.23. The standard InChI is InChI=1S/C29H29FNO5P/c1-7-22-23(19-14-16-21(30)17-15-19)24(28(5,34)29(8-2,27(32)33)37(35)36-6)25(18(3)4)31-26(22)20-12-10-9-11-13-20/h2,9-18,34H,7H2,1,3-6H3/p+1. The molecule has 192 valence electrons. The Labute approximate surface area is 217 Å². The van der Waals surface area contributed by atoms with Gasteiger partial charge >= 0.3 is 19.2 Å². The normalized spacial score (nSPS) is 14.9. The van der Waals surface area contributed by atoms with E-state index in [1.165, 1.54) is 19.1 Å². The molecule has 0 bridgehead atoms. The molecule has 6 nitrogen and oxygen atoms in total. The Morgan fingerprint density at radius 3 is 2.22 bits per heavy atom. The highest BCUT2D eigenvalue weighted by Gasteiger charge is 2.71. The number of carboxylic acids is 1. The number of carbonyl (C=O) groups is 1. The highest BCUT2D eigenvalue weighted by atomic mass is 31.1. The number of hydrogen-bond acceptors (Lipinski definition) is 5. The van der Waals surface area contributed by atoms with Gasteiger partial charge in [-0.15, -0.1) is 10.9 Å². The second-order valence-electron chi connectivity index (χ2n) is 9.13. The zero-order valence-electron chi connectivity index (χ0n) is 21.4. The molecule has 3 unspecified atom stereocenters. The van der Waals surface area contributed by atoms with Crippen molar-refractivity contribution in [2.24, 2.45) is 0 Å². The van der Waals surface area contributed by atoms with E-state index in [4.69, 9.17) is 15.9 Å². The average molecular weight is 523 g/mol. The molecule has 1 heterocycles. The number of rotatable bonds is 9. The molecule has 0 radical (unpaired) electrons. The number of benzene rings is 2. The Morgan fingerprint density at radius 2 is 1.76 bits per heavy atom. The van der Waals surface area contributed by atoms with Gasteiger partial charge < -0.3 is 10.2 Å². The third-order valence-electron chi connectivity index (χ3n) is 6.56. The van der Waals surface area contributed by atoms with Crippen molar-refractivity contribution in [1.82, 2.24) is 4.98 Å². The van der Waals surface area contributed by atoms with Gasteiger partial charge in [0.2, 0.25) is 0 Å². The van der Waals surface area contributed by atoms with Crippen LogP contribution in [0.3, 0.4) is 0 Å². The van der Waals surface area contributed by atoms with E-state index in [9.17, 15) is 24.0 Å². The van der Waals surface area contributed by atoms with E-state index in [-0.39, 0.29) is 11.5 Å². The third-order valence-corrected chi connectivity index (χ3v) is 8.19. The number of carboxylic acid groups (broad SMARTS) is 1. The first-order valence-corrected chi connectivity index (χ1v) is 13.0. The Balaban J connectivity index is 2.63. The molecule has 8 heteroatoms. The molecular formula is C29H30FNO5P+. The summed E-state index contributed by atoms with van der Waals surface area (Å²) >= 11 is 0. The first-order valence-electron chi connectivity index (χ1n) is 11.8. The van der Waals surface area contributed by atoms with Crippen LogP contribution in [-0.2, 0) is 25.9 Å². The largest absolute Gasteiger partial charge is 0.543 e. The molecule has 0 spiro atoms. The average Bonchev–Trinajstić information content (AvgIpc) is 2.88. The smallest absolute Gasteiger partial charge is 0.477 e. The third kappa shape index (κ3) is 4.69. The van der Waals surface area contributed by atoms with Crippen LogP contribution in [0, 0.1) is 18.2 Å². The molecule has 2 N–H and O–H groups in total. The van der Waals surface area contributed by atoms with Gasteiger partial charge in [-0.1, -0.05) is 63.2 Å². The van der Waals surface area contributed by atoms with Gasteiger partial charge in [0.15, 0.2) is 5.60 Å². The molecule has 0 aliphatic rings. The minimum Gasteiger partial charge on any atom is -0.477 e. The summed E-state index contributed by atoms with van der Waals surface area (Å²) in [5, 5.41) is 19.8. The van der Waals surface area contributed by atoms with Crippen molar-refractivity contribution in [3.8, 4) is 34.7 Å². The quantitative estimate of drug-likeness (QED) is 0.253. The lowest BCUT2D eigenvalue weighted by atomic mass is 9.74. The van der Waals surface area contributed by atoms with E-state index in [1.54, 1.807) is 12.1 Å². The minimum atomic E-state index is -3.08. The highest BCUT2D eigenvalue weighted by Crippen LogP contribution is 2.55. The summed E-state index contributed by atoms with van der Waals surface area (Å²) in [6, 6.07) is 15.1. The molecule has 3 aromatic rings. The Morgan fingerprint density at radius 1 is 1.16 bits per heavy atom. The lowest BCUT2D eigenvalue weighted by Crippen LogP contribution is -2.53. The SMILES string of the molecule is C#CC(C(=O)O)([P+](=O)OC)C(C)(O)c1c(C(C)C)nc(-c2ccccc2)c(CC)c1-c1ccc(F)cc1. The van der Waals surface area contributed by atoms with Gasteiger partial charge in [0.05, 0.1) is 18.5 Å². The summed E-state index contributed by atoms with van der Waals surface area (Å²) < 4.78 is 32.0. The fourth-order valence-corrected chi connectivity index (χ4v) is 5.71. The van der Waals surface area contributed by atoms with Crippen molar-refractivity contribution in [2.45, 2.75) is 50.8 Å². The minimum absolute atomic E-state index is 0.117. The molecule has 3 rings (SSSR count). The van der Waals surface area contributed by atoms with E-state index in [2.05, 4.69) is 5.92 Å². The number of hydrogen-bond donors (Lipinski definition) is 2. The van der Waals surface area contributed by atoms with Crippen molar-refractivity contribution < 1.29 is 28.5 Å². The second kappa shape index (κ2) is 10.9. The number of terminal acetylenes is 1. The predicted molar refractivity (Wildman–Crippen MR) is 142 cm³/mol. The topological polar surface area (TPSA) is 96.7 Å². The zero-order valence-corrected chi connectivity index (χ0v) is 22.3. The Bertz CT molecular complexity index is 1360. The number of aromatic nitrogens is 1. The maximum absolute atomic E-state index is 14.0. The molecule has 37 heavy (non-hydrogen) atoms. The summed E-state index contributed by atoms with van der Waals surface area (Å²) in [5.74, 6) is -0.340. The van der Waals surface area contributed by atoms with Crippen LogP contribution in [0.4, 0.5) is 4.39 Å². The van der Waals surface area contributed by atoms with E-state index in [0.29, 0.717) is 34.5 Å². The molecule has 0 amide bonds. The molecule has 0 aliphatic heterocycles. The second-order valence-corrected chi connectivity index (χ2v) is 10.7. The van der Waals surface area contributed by atoms with Gasteiger partial charge in [-0.3, -0.25) is 4.98 Å². The van der Waals surface area contributed by atoms with Crippen LogP contribution in [0.2, 0.25) is 0 Å². The zero-order chi connectivity index (χ0) is 27.5. The van der Waals surface area contributed by atoms with E-state index >= 15 is 0 Å². The van der Waals surface area contributed by atoms with Crippen molar-refractivity contribution in [3.63, 3.8) is 0 Å². The molecular weight excluding hydrogens is 492 g/mol.